The number of carbonyl (C=O) groups excluding carboxylic acids is 3. The van der Waals surface area contributed by atoms with E-state index in [1.165, 1.54) is 0 Å². The maximum atomic E-state index is 14.6. The Kier molecular flexibility index (Phi) is 9.78. The molecule has 2 aromatic rings. The highest BCUT2D eigenvalue weighted by Crippen LogP contribution is 2.59. The third kappa shape index (κ3) is 5.64. The summed E-state index contributed by atoms with van der Waals surface area (Å²) in [5.74, 6) is -1.67. The molecule has 234 valence electrons. The zero-order chi connectivity index (χ0) is 31.4. The molecule has 3 saturated heterocycles. The van der Waals surface area contributed by atoms with Crippen LogP contribution in [0.15, 0.2) is 73.8 Å². The number of aliphatic hydroxyl groups is 1. The van der Waals surface area contributed by atoms with Crippen molar-refractivity contribution in [1.82, 2.24) is 4.90 Å². The molecule has 5 atom stereocenters. The van der Waals surface area contributed by atoms with Crippen LogP contribution in [0.25, 0.3) is 0 Å². The van der Waals surface area contributed by atoms with E-state index in [4.69, 9.17) is 21.1 Å². The average Bonchev–Trinajstić information content (AvgIpc) is 3.67. The number of aliphatic hydroxyl groups excluding tert-OH is 1. The molecule has 3 fully saturated rings. The summed E-state index contributed by atoms with van der Waals surface area (Å²) in [6.07, 6.45) is 4.82. The van der Waals surface area contributed by atoms with Crippen LogP contribution in [0.5, 0.6) is 5.75 Å². The number of fused-ring (bicyclic) bond motifs is 1. The number of unbranched alkanes of at least 4 members (excludes halogenated alkanes) is 1. The highest BCUT2D eigenvalue weighted by atomic mass is 35.5. The van der Waals surface area contributed by atoms with Gasteiger partial charge in [-0.25, -0.2) is 0 Å². The molecule has 1 spiro atoms. The lowest BCUT2D eigenvalue weighted by atomic mass is 9.70. The fraction of sp³-hybridized carbons (Fsp3) is 0.441. The smallest absolute Gasteiger partial charge is 0.253 e. The molecule has 0 aliphatic carbocycles. The van der Waals surface area contributed by atoms with Crippen LogP contribution >= 0.6 is 11.6 Å². The van der Waals surface area contributed by atoms with E-state index < -0.39 is 29.6 Å². The quantitative estimate of drug-likeness (QED) is 0.244. The minimum Gasteiger partial charge on any atom is -0.494 e. The molecule has 0 aromatic heterocycles. The van der Waals surface area contributed by atoms with Gasteiger partial charge in [0.05, 0.1) is 24.5 Å². The lowest BCUT2D eigenvalue weighted by molar-refractivity contribution is -0.140. The maximum absolute atomic E-state index is 14.6. The normalized spacial score (nSPS) is 25.1. The van der Waals surface area contributed by atoms with Crippen molar-refractivity contribution in [3.63, 3.8) is 0 Å². The van der Waals surface area contributed by atoms with E-state index in [0.29, 0.717) is 54.4 Å². The fourth-order valence-corrected chi connectivity index (χ4v) is 7.22. The van der Waals surface area contributed by atoms with Crippen LogP contribution in [-0.4, -0.2) is 78.3 Å². The number of hydrogen-bond donors (Lipinski definition) is 1. The number of rotatable bonds is 14. The second-order valence-corrected chi connectivity index (χ2v) is 11.8. The van der Waals surface area contributed by atoms with Crippen molar-refractivity contribution in [3.8, 4) is 5.75 Å². The predicted molar refractivity (Wildman–Crippen MR) is 170 cm³/mol. The summed E-state index contributed by atoms with van der Waals surface area (Å²) in [5, 5.41) is 10.0. The van der Waals surface area contributed by atoms with E-state index >= 15 is 0 Å². The minimum absolute atomic E-state index is 0.0269. The first-order chi connectivity index (χ1) is 21.3. The zero-order valence-corrected chi connectivity index (χ0v) is 25.8. The number of amides is 3. The van der Waals surface area contributed by atoms with Crippen molar-refractivity contribution in [2.75, 3.05) is 42.6 Å². The van der Waals surface area contributed by atoms with Crippen molar-refractivity contribution in [2.24, 2.45) is 11.8 Å². The Morgan fingerprint density at radius 2 is 1.66 bits per heavy atom. The molecule has 2 unspecified atom stereocenters. The molecular weight excluding hydrogens is 582 g/mol. The molecule has 10 heteroatoms. The van der Waals surface area contributed by atoms with E-state index in [-0.39, 0.29) is 44.0 Å². The van der Waals surface area contributed by atoms with Crippen LogP contribution in [0.1, 0.15) is 32.6 Å². The number of nitrogens with zero attached hydrogens (tertiary/aromatic N) is 3. The van der Waals surface area contributed by atoms with Gasteiger partial charge in [0.1, 0.15) is 17.4 Å². The lowest BCUT2D eigenvalue weighted by Crippen LogP contribution is -2.56. The highest BCUT2D eigenvalue weighted by Gasteiger charge is 2.74. The highest BCUT2D eigenvalue weighted by molar-refractivity contribution is 6.30. The maximum Gasteiger partial charge on any atom is 0.253 e. The topological polar surface area (TPSA) is 99.6 Å². The molecule has 2 aromatic carbocycles. The fourth-order valence-electron chi connectivity index (χ4n) is 7.09. The Morgan fingerprint density at radius 3 is 2.25 bits per heavy atom. The number of hydrogen-bond acceptors (Lipinski definition) is 6. The second kappa shape index (κ2) is 13.5. The van der Waals surface area contributed by atoms with Gasteiger partial charge >= 0.3 is 0 Å². The molecule has 0 saturated carbocycles. The Hall–Kier alpha value is -3.66. The molecule has 1 N–H and O–H groups in total. The summed E-state index contributed by atoms with van der Waals surface area (Å²) >= 11 is 6.13. The largest absolute Gasteiger partial charge is 0.494 e. The molecule has 3 aliphatic heterocycles. The number of ether oxygens (including phenoxy) is 2. The zero-order valence-electron chi connectivity index (χ0n) is 25.1. The van der Waals surface area contributed by atoms with Crippen molar-refractivity contribution >= 4 is 40.7 Å². The Balaban J connectivity index is 1.52. The number of anilines is 2. The monoisotopic (exact) mass is 621 g/mol. The summed E-state index contributed by atoms with van der Waals surface area (Å²) in [6, 6.07) is 13.3. The SMILES string of the molecule is C=CCN(C(=O)C1N(CCCCO)C(=O)[C@@H]2[C@@H](C(=O)N(CC=C)c3ccc(OCC)cc3)[C@H]3CCC12O3)c1ccc(Cl)cc1. The van der Waals surface area contributed by atoms with Gasteiger partial charge in [-0.15, -0.1) is 13.2 Å². The van der Waals surface area contributed by atoms with E-state index in [9.17, 15) is 19.5 Å². The van der Waals surface area contributed by atoms with Gasteiger partial charge in [0, 0.05) is 42.6 Å². The third-order valence-electron chi connectivity index (χ3n) is 8.88. The van der Waals surface area contributed by atoms with Gasteiger partial charge in [0.15, 0.2) is 0 Å². The second-order valence-electron chi connectivity index (χ2n) is 11.4. The molecule has 0 radical (unpaired) electrons. The first kappa shape index (κ1) is 31.8. The van der Waals surface area contributed by atoms with Crippen LogP contribution < -0.4 is 14.5 Å². The lowest BCUT2D eigenvalue weighted by Gasteiger charge is -2.37. The average molecular weight is 622 g/mol. The van der Waals surface area contributed by atoms with E-state index in [1.54, 1.807) is 51.1 Å². The van der Waals surface area contributed by atoms with Gasteiger partial charge in [0.2, 0.25) is 11.8 Å². The van der Waals surface area contributed by atoms with Gasteiger partial charge in [-0.3, -0.25) is 14.4 Å². The first-order valence-corrected chi connectivity index (χ1v) is 15.6. The Labute approximate surface area is 263 Å². The molecule has 2 bridgehead atoms. The van der Waals surface area contributed by atoms with Gasteiger partial charge in [0.25, 0.3) is 5.91 Å². The van der Waals surface area contributed by atoms with Gasteiger partial charge in [-0.2, -0.15) is 0 Å². The minimum atomic E-state index is -1.15. The number of benzene rings is 2. The standard InChI is InChI=1S/C34H40ClN3O6/c1-4-19-36(25-13-15-26(16-14-25)43-6-3)31(40)28-27-17-18-34(44-27)29(28)32(41)38(21-7-8-22-39)30(34)33(42)37(20-5-2)24-11-9-23(35)10-12-24/h4-5,9-16,27-30,39H,1-2,6-8,17-22H2,3H3/t27-,28+,29+,30?,34?/m1/s1. The van der Waals surface area contributed by atoms with Crippen molar-refractivity contribution in [3.05, 3.63) is 78.9 Å². The summed E-state index contributed by atoms with van der Waals surface area (Å²) in [6.45, 7) is 10.8. The van der Waals surface area contributed by atoms with E-state index in [0.717, 1.165) is 0 Å². The molecular formula is C34H40ClN3O6. The molecule has 3 amide bonds. The van der Waals surface area contributed by atoms with Crippen LogP contribution in [0.4, 0.5) is 11.4 Å². The number of likely N-dealkylation sites (tertiary alicyclic amines) is 1. The van der Waals surface area contributed by atoms with Crippen molar-refractivity contribution < 1.29 is 29.0 Å². The summed E-state index contributed by atoms with van der Waals surface area (Å²) in [5.41, 5.74) is 0.130. The summed E-state index contributed by atoms with van der Waals surface area (Å²) in [7, 11) is 0. The van der Waals surface area contributed by atoms with E-state index in [2.05, 4.69) is 13.2 Å². The molecule has 44 heavy (non-hydrogen) atoms. The van der Waals surface area contributed by atoms with Crippen LogP contribution in [0.2, 0.25) is 5.02 Å². The Bertz CT molecular complexity index is 1380. The van der Waals surface area contributed by atoms with Gasteiger partial charge < -0.3 is 29.3 Å². The predicted octanol–water partition coefficient (Wildman–Crippen LogP) is 4.62. The summed E-state index contributed by atoms with van der Waals surface area (Å²) < 4.78 is 12.2. The van der Waals surface area contributed by atoms with Crippen molar-refractivity contribution in [2.45, 2.75) is 50.4 Å². The van der Waals surface area contributed by atoms with E-state index in [1.807, 2.05) is 31.2 Å². The van der Waals surface area contributed by atoms with Crippen LogP contribution in [0.3, 0.4) is 0 Å². The van der Waals surface area contributed by atoms with Gasteiger partial charge in [-0.05, 0) is 81.1 Å². The molecule has 5 rings (SSSR count). The summed E-state index contributed by atoms with van der Waals surface area (Å²) in [4.78, 5) is 48.1. The van der Waals surface area contributed by atoms with Crippen LogP contribution in [-0.2, 0) is 19.1 Å². The molecule has 3 aliphatic rings. The third-order valence-corrected chi connectivity index (χ3v) is 9.13. The number of carbonyl (C=O) groups is 3. The molecule has 9 nitrogen and oxygen atoms in total. The molecule has 3 heterocycles. The Morgan fingerprint density at radius 1 is 1.05 bits per heavy atom. The first-order valence-electron chi connectivity index (χ1n) is 15.2. The van der Waals surface area contributed by atoms with Crippen molar-refractivity contribution in [1.29, 1.82) is 0 Å². The number of halogens is 1. The van der Waals surface area contributed by atoms with Gasteiger partial charge in [-0.1, -0.05) is 23.8 Å². The van der Waals surface area contributed by atoms with Crippen LogP contribution in [0, 0.1) is 11.8 Å².